The normalized spacial score (nSPS) is 10.8. The molecule has 5 heteroatoms. The van der Waals surface area contributed by atoms with Crippen LogP contribution in [0.5, 0.6) is 5.75 Å². The molecular formula is C19H13I2NO2. The van der Waals surface area contributed by atoms with Gasteiger partial charge < -0.3 is 4.74 Å². The van der Waals surface area contributed by atoms with Gasteiger partial charge in [0.15, 0.2) is 0 Å². The van der Waals surface area contributed by atoms with E-state index >= 15 is 0 Å². The first-order chi connectivity index (χ1) is 11.6. The lowest BCUT2D eigenvalue weighted by atomic mass is 10.0. The summed E-state index contributed by atoms with van der Waals surface area (Å²) < 4.78 is 7.46. The quantitative estimate of drug-likeness (QED) is 0.165. The highest BCUT2D eigenvalue weighted by Crippen LogP contribution is 2.30. The summed E-state index contributed by atoms with van der Waals surface area (Å²) in [5.41, 5.74) is 1.39. The van der Waals surface area contributed by atoms with Crippen LogP contribution in [0.4, 0.5) is 0 Å². The number of Topliss-reactive ketones (excluding diaryl/α,β-unsaturated/α-hetero) is 1. The van der Waals surface area contributed by atoms with Crippen LogP contribution in [0.3, 0.4) is 0 Å². The molecule has 24 heavy (non-hydrogen) atoms. The molecule has 0 aliphatic heterocycles. The van der Waals surface area contributed by atoms with Crippen molar-refractivity contribution in [1.29, 1.82) is 5.26 Å². The van der Waals surface area contributed by atoms with Crippen LogP contribution in [0.1, 0.15) is 15.9 Å². The number of carbonyl (C=O) groups excluding carboxylic acids is 1. The van der Waals surface area contributed by atoms with Crippen LogP contribution < -0.4 is 4.74 Å². The van der Waals surface area contributed by atoms with Crippen molar-refractivity contribution >= 4 is 57.0 Å². The van der Waals surface area contributed by atoms with Crippen molar-refractivity contribution in [3.63, 3.8) is 0 Å². The molecule has 0 fully saturated rings. The van der Waals surface area contributed by atoms with Gasteiger partial charge in [-0.2, -0.15) is 5.26 Å². The van der Waals surface area contributed by atoms with Crippen molar-refractivity contribution in [2.24, 2.45) is 0 Å². The molecule has 0 aromatic heterocycles. The molecule has 0 heterocycles. The number of allylic oxidation sites excluding steroid dienone is 1. The number of benzene rings is 2. The van der Waals surface area contributed by atoms with Crippen LogP contribution in [-0.4, -0.2) is 12.4 Å². The third-order valence-electron chi connectivity index (χ3n) is 3.08. The van der Waals surface area contributed by atoms with E-state index in [-0.39, 0.29) is 11.4 Å². The maximum Gasteiger partial charge on any atom is 0.203 e. The fourth-order valence-electron chi connectivity index (χ4n) is 2.00. The van der Waals surface area contributed by atoms with E-state index in [9.17, 15) is 10.1 Å². The zero-order chi connectivity index (χ0) is 17.5. The summed E-state index contributed by atoms with van der Waals surface area (Å²) in [5, 5.41) is 9.35. The number of nitriles is 1. The van der Waals surface area contributed by atoms with Crippen molar-refractivity contribution in [2.45, 2.75) is 0 Å². The molecule has 0 bridgehead atoms. The zero-order valence-corrected chi connectivity index (χ0v) is 16.9. The summed E-state index contributed by atoms with van der Waals surface area (Å²) in [5.74, 6) is 0.497. The molecule has 0 atom stereocenters. The SMILES string of the molecule is C=CCOc1c(I)cc(/C=C(\C#N)C(=O)c2ccccc2)cc1I. The Kier molecular flexibility index (Phi) is 6.99. The fraction of sp³-hybridized carbons (Fsp3) is 0.0526. The molecule has 3 nitrogen and oxygen atoms in total. The van der Waals surface area contributed by atoms with Gasteiger partial charge in [-0.3, -0.25) is 4.79 Å². The van der Waals surface area contributed by atoms with Crippen molar-refractivity contribution in [3.8, 4) is 11.8 Å². The maximum absolute atomic E-state index is 12.4. The minimum Gasteiger partial charge on any atom is -0.487 e. The Balaban J connectivity index is 2.37. The molecule has 2 aromatic rings. The highest BCUT2D eigenvalue weighted by molar-refractivity contribution is 14.1. The lowest BCUT2D eigenvalue weighted by Gasteiger charge is -2.10. The lowest BCUT2D eigenvalue weighted by molar-refractivity contribution is 0.104. The third-order valence-corrected chi connectivity index (χ3v) is 4.68. The number of ketones is 1. The third kappa shape index (κ3) is 4.68. The first-order valence-electron chi connectivity index (χ1n) is 7.01. The minimum atomic E-state index is -0.282. The van der Waals surface area contributed by atoms with E-state index < -0.39 is 0 Å². The van der Waals surface area contributed by atoms with Crippen LogP contribution in [0.2, 0.25) is 0 Å². The van der Waals surface area contributed by atoms with Crippen LogP contribution in [0.25, 0.3) is 6.08 Å². The molecule has 2 aromatic carbocycles. The van der Waals surface area contributed by atoms with Crippen LogP contribution in [0.15, 0.2) is 60.7 Å². The predicted molar refractivity (Wildman–Crippen MR) is 112 cm³/mol. The Hall–Kier alpha value is -1.66. The van der Waals surface area contributed by atoms with Crippen molar-refractivity contribution in [1.82, 2.24) is 0 Å². The molecule has 2 rings (SSSR count). The second-order valence-corrected chi connectivity index (χ2v) is 7.10. The Morgan fingerprint density at radius 3 is 2.38 bits per heavy atom. The molecule has 0 radical (unpaired) electrons. The predicted octanol–water partition coefficient (Wildman–Crippen LogP) is 5.25. The van der Waals surface area contributed by atoms with Gasteiger partial charge in [0.2, 0.25) is 5.78 Å². The van der Waals surface area contributed by atoms with Crippen molar-refractivity contribution < 1.29 is 9.53 Å². The van der Waals surface area contributed by atoms with E-state index in [4.69, 9.17) is 4.74 Å². The maximum atomic E-state index is 12.4. The van der Waals surface area contributed by atoms with E-state index in [1.165, 1.54) is 0 Å². The van der Waals surface area contributed by atoms with Gasteiger partial charge >= 0.3 is 0 Å². The molecule has 0 amide bonds. The number of rotatable bonds is 6. The highest BCUT2D eigenvalue weighted by atomic mass is 127. The zero-order valence-electron chi connectivity index (χ0n) is 12.6. The number of hydrogen-bond acceptors (Lipinski definition) is 3. The first kappa shape index (κ1) is 18.7. The van der Waals surface area contributed by atoms with E-state index in [0.29, 0.717) is 12.2 Å². The van der Waals surface area contributed by atoms with E-state index in [1.54, 1.807) is 36.4 Å². The summed E-state index contributed by atoms with van der Waals surface area (Å²) in [6.07, 6.45) is 3.29. The second-order valence-electron chi connectivity index (χ2n) is 4.78. The molecule has 0 saturated carbocycles. The molecule has 0 saturated heterocycles. The van der Waals surface area contributed by atoms with Gasteiger partial charge in [-0.05, 0) is 69.0 Å². The standard InChI is InChI=1S/C19H13I2NO2/c1-2-8-24-19-16(20)10-13(11-17(19)21)9-15(12-22)18(23)14-6-4-3-5-7-14/h2-7,9-11H,1,8H2/b15-9+. The minimum absolute atomic E-state index is 0.104. The Morgan fingerprint density at radius 2 is 1.83 bits per heavy atom. The Labute approximate surface area is 168 Å². The van der Waals surface area contributed by atoms with Gasteiger partial charge in [-0.25, -0.2) is 0 Å². The topological polar surface area (TPSA) is 50.1 Å². The summed E-state index contributed by atoms with van der Waals surface area (Å²) in [6.45, 7) is 4.07. The average molecular weight is 541 g/mol. The molecular weight excluding hydrogens is 528 g/mol. The molecule has 0 spiro atoms. The summed E-state index contributed by atoms with van der Waals surface area (Å²) in [6, 6.07) is 14.6. The lowest BCUT2D eigenvalue weighted by Crippen LogP contribution is -2.02. The van der Waals surface area contributed by atoms with Gasteiger partial charge in [0.25, 0.3) is 0 Å². The number of ether oxygens (including phenoxy) is 1. The molecule has 0 aliphatic carbocycles. The number of hydrogen-bond donors (Lipinski definition) is 0. The van der Waals surface area contributed by atoms with Crippen LogP contribution >= 0.6 is 45.2 Å². The number of carbonyl (C=O) groups is 1. The van der Waals surface area contributed by atoms with Crippen LogP contribution in [0, 0.1) is 18.5 Å². The van der Waals surface area contributed by atoms with Crippen LogP contribution in [-0.2, 0) is 0 Å². The largest absolute Gasteiger partial charge is 0.487 e. The number of nitrogens with zero attached hydrogens (tertiary/aromatic N) is 1. The average Bonchev–Trinajstić information content (AvgIpc) is 2.59. The van der Waals surface area contributed by atoms with Gasteiger partial charge in [-0.15, -0.1) is 0 Å². The van der Waals surface area contributed by atoms with Crippen molar-refractivity contribution in [3.05, 3.63) is 79.0 Å². The summed E-state index contributed by atoms with van der Waals surface area (Å²) in [4.78, 5) is 12.4. The Bertz CT molecular complexity index is 813. The molecule has 120 valence electrons. The van der Waals surface area contributed by atoms with E-state index in [1.807, 2.05) is 24.3 Å². The molecule has 0 N–H and O–H groups in total. The van der Waals surface area contributed by atoms with E-state index in [0.717, 1.165) is 18.5 Å². The number of halogens is 2. The van der Waals surface area contributed by atoms with E-state index in [2.05, 4.69) is 51.8 Å². The first-order valence-corrected chi connectivity index (χ1v) is 9.17. The monoisotopic (exact) mass is 541 g/mol. The summed E-state index contributed by atoms with van der Waals surface area (Å²) >= 11 is 4.36. The molecule has 0 unspecified atom stereocenters. The highest BCUT2D eigenvalue weighted by Gasteiger charge is 2.13. The molecule has 0 aliphatic rings. The van der Waals surface area contributed by atoms with Gasteiger partial charge in [0, 0.05) is 5.56 Å². The van der Waals surface area contributed by atoms with Gasteiger partial charge in [0.05, 0.1) is 7.14 Å². The summed E-state index contributed by atoms with van der Waals surface area (Å²) in [7, 11) is 0. The fourth-order valence-corrected chi connectivity index (χ4v) is 4.13. The smallest absolute Gasteiger partial charge is 0.203 e. The van der Waals surface area contributed by atoms with Crippen molar-refractivity contribution in [2.75, 3.05) is 6.61 Å². The van der Waals surface area contributed by atoms with Gasteiger partial charge in [0.1, 0.15) is 24.0 Å². The van der Waals surface area contributed by atoms with Gasteiger partial charge in [-0.1, -0.05) is 43.0 Å². The second kappa shape index (κ2) is 8.99. The Morgan fingerprint density at radius 1 is 1.21 bits per heavy atom.